The Kier molecular flexibility index (Phi) is 9.90. The number of hydrogen-bond acceptors (Lipinski definition) is 2. The minimum Gasteiger partial charge on any atom is -0.469 e. The summed E-state index contributed by atoms with van der Waals surface area (Å²) < 4.78 is 4.67. The molecule has 1 fully saturated rings. The molecule has 136 valence electrons. The molecule has 2 unspecified atom stereocenters. The molecule has 1 saturated carbocycles. The lowest BCUT2D eigenvalue weighted by molar-refractivity contribution is -0.140. The molecule has 2 atom stereocenters. The van der Waals surface area contributed by atoms with Crippen LogP contribution in [0, 0.1) is 17.3 Å². The summed E-state index contributed by atoms with van der Waals surface area (Å²) in [5, 5.41) is 0. The van der Waals surface area contributed by atoms with Gasteiger partial charge in [0.05, 0.1) is 7.11 Å². The van der Waals surface area contributed by atoms with Gasteiger partial charge in [-0.25, -0.2) is 0 Å². The van der Waals surface area contributed by atoms with Gasteiger partial charge in [0.2, 0.25) is 0 Å². The molecule has 1 rings (SSSR count). The van der Waals surface area contributed by atoms with Gasteiger partial charge in [0, 0.05) is 6.42 Å². The van der Waals surface area contributed by atoms with Crippen molar-refractivity contribution in [2.45, 2.75) is 104 Å². The van der Waals surface area contributed by atoms with Gasteiger partial charge < -0.3 is 4.74 Å². The minimum atomic E-state index is -0.0557. The summed E-state index contributed by atoms with van der Waals surface area (Å²) >= 11 is 0. The largest absolute Gasteiger partial charge is 0.469 e. The fraction of sp³-hybridized carbons (Fsp3) is 0.952. The van der Waals surface area contributed by atoms with E-state index in [1.54, 1.807) is 0 Å². The molecule has 0 aromatic carbocycles. The van der Waals surface area contributed by atoms with Crippen LogP contribution in [0.15, 0.2) is 0 Å². The molecule has 0 heterocycles. The highest BCUT2D eigenvalue weighted by molar-refractivity contribution is 5.68. The molecule has 2 nitrogen and oxygen atoms in total. The van der Waals surface area contributed by atoms with Gasteiger partial charge in [0.25, 0.3) is 0 Å². The topological polar surface area (TPSA) is 26.3 Å². The monoisotopic (exact) mass is 324 g/mol. The number of ether oxygens (including phenoxy) is 1. The predicted octanol–water partition coefficient (Wildman–Crippen LogP) is 6.52. The van der Waals surface area contributed by atoms with Crippen LogP contribution >= 0.6 is 0 Å². The standard InChI is InChI=1S/C21H40O2/c1-21(2,3)16-12-8-6-5-7-9-13-18-17-19(18)14-10-11-15-20(22)23-4/h18-19H,5-17H2,1-4H3. The van der Waals surface area contributed by atoms with Crippen LogP contribution in [0.25, 0.3) is 0 Å². The fourth-order valence-corrected chi connectivity index (χ4v) is 3.56. The lowest BCUT2D eigenvalue weighted by Gasteiger charge is -2.17. The number of methoxy groups -OCH3 is 1. The average Bonchev–Trinajstić information content (AvgIpc) is 3.23. The van der Waals surface area contributed by atoms with Crippen LogP contribution in [0.1, 0.15) is 104 Å². The average molecular weight is 325 g/mol. The van der Waals surface area contributed by atoms with E-state index in [0.717, 1.165) is 18.3 Å². The van der Waals surface area contributed by atoms with Crippen LogP contribution < -0.4 is 0 Å². The predicted molar refractivity (Wildman–Crippen MR) is 98.5 cm³/mol. The summed E-state index contributed by atoms with van der Waals surface area (Å²) in [4.78, 5) is 11.0. The van der Waals surface area contributed by atoms with Gasteiger partial charge in [-0.3, -0.25) is 4.79 Å². The third-order valence-corrected chi connectivity index (χ3v) is 5.25. The van der Waals surface area contributed by atoms with Crippen molar-refractivity contribution in [3.05, 3.63) is 0 Å². The van der Waals surface area contributed by atoms with Crippen LogP contribution in [0.4, 0.5) is 0 Å². The first-order valence-electron chi connectivity index (χ1n) is 9.99. The molecule has 2 heteroatoms. The van der Waals surface area contributed by atoms with Crippen LogP contribution in [-0.2, 0) is 9.53 Å². The van der Waals surface area contributed by atoms with Crippen molar-refractivity contribution in [1.29, 1.82) is 0 Å². The van der Waals surface area contributed by atoms with Crippen molar-refractivity contribution in [2.75, 3.05) is 7.11 Å². The Labute approximate surface area is 144 Å². The van der Waals surface area contributed by atoms with E-state index >= 15 is 0 Å². The Morgan fingerprint density at radius 3 is 1.96 bits per heavy atom. The molecule has 0 spiro atoms. The Hall–Kier alpha value is -0.530. The van der Waals surface area contributed by atoms with E-state index in [-0.39, 0.29) is 5.97 Å². The first-order valence-corrected chi connectivity index (χ1v) is 9.99. The van der Waals surface area contributed by atoms with E-state index in [9.17, 15) is 4.79 Å². The van der Waals surface area contributed by atoms with Gasteiger partial charge in [-0.1, -0.05) is 78.6 Å². The summed E-state index contributed by atoms with van der Waals surface area (Å²) in [7, 11) is 1.48. The second-order valence-electron chi connectivity index (χ2n) is 8.80. The van der Waals surface area contributed by atoms with E-state index < -0.39 is 0 Å². The molecular formula is C21H40O2. The molecule has 0 bridgehead atoms. The van der Waals surface area contributed by atoms with Crippen molar-refractivity contribution in [2.24, 2.45) is 17.3 Å². The van der Waals surface area contributed by atoms with Crippen molar-refractivity contribution in [1.82, 2.24) is 0 Å². The van der Waals surface area contributed by atoms with Crippen molar-refractivity contribution in [3.63, 3.8) is 0 Å². The maximum absolute atomic E-state index is 11.0. The van der Waals surface area contributed by atoms with E-state index in [0.29, 0.717) is 11.8 Å². The second-order valence-corrected chi connectivity index (χ2v) is 8.80. The number of unbranched alkanes of at least 4 members (excludes halogenated alkanes) is 6. The first-order chi connectivity index (χ1) is 10.9. The zero-order valence-electron chi connectivity index (χ0n) is 16.2. The van der Waals surface area contributed by atoms with E-state index in [4.69, 9.17) is 0 Å². The quantitative estimate of drug-likeness (QED) is 0.284. The lowest BCUT2D eigenvalue weighted by Crippen LogP contribution is -2.03. The summed E-state index contributed by atoms with van der Waals surface area (Å²) in [5.41, 5.74) is 0.512. The van der Waals surface area contributed by atoms with Crippen molar-refractivity contribution >= 4 is 5.97 Å². The van der Waals surface area contributed by atoms with E-state index in [2.05, 4.69) is 25.5 Å². The second kappa shape index (κ2) is 11.1. The third kappa shape index (κ3) is 11.6. The normalized spacial score (nSPS) is 20.5. The molecule has 0 aromatic rings. The Bertz CT molecular complexity index is 316. The van der Waals surface area contributed by atoms with Crippen LogP contribution in [0.2, 0.25) is 0 Å². The van der Waals surface area contributed by atoms with Crippen molar-refractivity contribution < 1.29 is 9.53 Å². The molecule has 0 radical (unpaired) electrons. The fourth-order valence-electron chi connectivity index (χ4n) is 3.56. The number of rotatable bonds is 13. The molecule has 1 aliphatic rings. The number of carbonyl (C=O) groups is 1. The van der Waals surface area contributed by atoms with Gasteiger partial charge in [-0.05, 0) is 36.5 Å². The Morgan fingerprint density at radius 1 is 0.870 bits per heavy atom. The number of esters is 1. The number of carbonyl (C=O) groups excluding carboxylic acids is 1. The third-order valence-electron chi connectivity index (χ3n) is 5.25. The van der Waals surface area contributed by atoms with Gasteiger partial charge in [-0.15, -0.1) is 0 Å². The highest BCUT2D eigenvalue weighted by atomic mass is 16.5. The molecule has 0 amide bonds. The minimum absolute atomic E-state index is 0.0557. The Balaban J connectivity index is 1.81. The van der Waals surface area contributed by atoms with Crippen molar-refractivity contribution in [3.8, 4) is 0 Å². The molecule has 0 saturated heterocycles. The van der Waals surface area contributed by atoms with Gasteiger partial charge in [-0.2, -0.15) is 0 Å². The summed E-state index contributed by atoms with van der Waals surface area (Å²) in [6.45, 7) is 7.03. The lowest BCUT2D eigenvalue weighted by atomic mass is 9.89. The summed E-state index contributed by atoms with van der Waals surface area (Å²) in [6.07, 6.45) is 16.9. The van der Waals surface area contributed by atoms with Gasteiger partial charge >= 0.3 is 5.97 Å². The molecule has 1 aliphatic carbocycles. The Morgan fingerprint density at radius 2 is 1.39 bits per heavy atom. The molecular weight excluding hydrogens is 284 g/mol. The smallest absolute Gasteiger partial charge is 0.305 e. The van der Waals surface area contributed by atoms with Gasteiger partial charge in [0.1, 0.15) is 0 Å². The molecule has 23 heavy (non-hydrogen) atoms. The first kappa shape index (κ1) is 20.5. The maximum atomic E-state index is 11.0. The van der Waals surface area contributed by atoms with Crippen LogP contribution in [-0.4, -0.2) is 13.1 Å². The SMILES string of the molecule is COC(=O)CCCCC1CC1CCCCCCCCC(C)(C)C. The van der Waals surface area contributed by atoms with Crippen LogP contribution in [0.5, 0.6) is 0 Å². The van der Waals surface area contributed by atoms with Crippen LogP contribution in [0.3, 0.4) is 0 Å². The number of hydrogen-bond donors (Lipinski definition) is 0. The highest BCUT2D eigenvalue weighted by Gasteiger charge is 2.35. The van der Waals surface area contributed by atoms with E-state index in [1.807, 2.05) is 0 Å². The zero-order valence-corrected chi connectivity index (χ0v) is 16.2. The molecule has 0 N–H and O–H groups in total. The zero-order chi connectivity index (χ0) is 17.1. The maximum Gasteiger partial charge on any atom is 0.305 e. The summed E-state index contributed by atoms with van der Waals surface area (Å²) in [5.74, 6) is 1.92. The highest BCUT2D eigenvalue weighted by Crippen LogP contribution is 2.45. The summed E-state index contributed by atoms with van der Waals surface area (Å²) in [6, 6.07) is 0. The molecule has 0 aromatic heterocycles. The molecule has 0 aliphatic heterocycles. The van der Waals surface area contributed by atoms with E-state index in [1.165, 1.54) is 77.7 Å². The van der Waals surface area contributed by atoms with Gasteiger partial charge in [0.15, 0.2) is 0 Å².